The van der Waals surface area contributed by atoms with Gasteiger partial charge in [0.1, 0.15) is 5.82 Å². The third kappa shape index (κ3) is 3.42. The zero-order chi connectivity index (χ0) is 14.6. The Bertz CT molecular complexity index is 491. The number of aliphatic hydroxyl groups is 1. The molecule has 1 atom stereocenters. The van der Waals surface area contributed by atoms with Crippen molar-refractivity contribution in [2.75, 3.05) is 19.8 Å². The highest BCUT2D eigenvalue weighted by Crippen LogP contribution is 2.35. The molecular weight excluding hydrogens is 285 g/mol. The number of hydrogen-bond donors (Lipinski definition) is 3. The van der Waals surface area contributed by atoms with Crippen molar-refractivity contribution in [3.63, 3.8) is 0 Å². The first kappa shape index (κ1) is 15.5. The second-order valence-corrected chi connectivity index (χ2v) is 5.71. The van der Waals surface area contributed by atoms with Gasteiger partial charge in [0.25, 0.3) is 0 Å². The molecule has 0 amide bonds. The molecule has 3 N–H and O–H groups in total. The molecule has 0 aromatic heterocycles. The zero-order valence-electron chi connectivity index (χ0n) is 11.0. The van der Waals surface area contributed by atoms with Gasteiger partial charge in [-0.05, 0) is 24.5 Å². The molecule has 1 saturated heterocycles. The van der Waals surface area contributed by atoms with Gasteiger partial charge in [-0.15, -0.1) is 0 Å². The Hall–Kier alpha value is -0.860. The second kappa shape index (κ2) is 6.73. The minimum Gasteiger partial charge on any atom is -0.395 e. The van der Waals surface area contributed by atoms with Crippen LogP contribution in [0.4, 0.5) is 4.39 Å². The van der Waals surface area contributed by atoms with Crippen molar-refractivity contribution in [1.82, 2.24) is 4.72 Å². The van der Waals surface area contributed by atoms with Gasteiger partial charge in [0, 0.05) is 30.7 Å². The summed E-state index contributed by atoms with van der Waals surface area (Å²) < 4.78 is 40.7. The number of hydrogen-bond acceptors (Lipinski definition) is 3. The summed E-state index contributed by atoms with van der Waals surface area (Å²) in [7, 11) is 0. The molecule has 112 valence electrons. The van der Waals surface area contributed by atoms with Crippen molar-refractivity contribution >= 4 is 11.3 Å². The molecule has 1 aliphatic heterocycles. The van der Waals surface area contributed by atoms with Crippen LogP contribution in [0.1, 0.15) is 24.0 Å². The van der Waals surface area contributed by atoms with E-state index in [1.165, 1.54) is 6.07 Å². The van der Waals surface area contributed by atoms with Gasteiger partial charge in [0.05, 0.1) is 6.61 Å². The molecule has 1 heterocycles. The highest BCUT2D eigenvalue weighted by atomic mass is 32.2. The fourth-order valence-corrected chi connectivity index (χ4v) is 2.74. The smallest absolute Gasteiger partial charge is 0.232 e. The van der Waals surface area contributed by atoms with E-state index in [4.69, 9.17) is 9.29 Å². The topological polar surface area (TPSA) is 78.8 Å². The van der Waals surface area contributed by atoms with Gasteiger partial charge >= 0.3 is 0 Å². The van der Waals surface area contributed by atoms with E-state index in [0.29, 0.717) is 31.6 Å². The van der Waals surface area contributed by atoms with E-state index in [-0.39, 0.29) is 13.2 Å². The van der Waals surface area contributed by atoms with E-state index >= 15 is 0 Å². The van der Waals surface area contributed by atoms with Crippen LogP contribution in [0, 0.1) is 5.82 Å². The molecule has 1 aliphatic rings. The number of rotatable bonds is 5. The lowest BCUT2D eigenvalue weighted by Gasteiger charge is -2.36. The molecule has 2 rings (SSSR count). The molecule has 0 saturated carbocycles. The lowest BCUT2D eigenvalue weighted by atomic mass is 9.74. The van der Waals surface area contributed by atoms with Crippen LogP contribution in [0.15, 0.2) is 18.2 Å². The maximum Gasteiger partial charge on any atom is 0.232 e. The van der Waals surface area contributed by atoms with Gasteiger partial charge in [-0.3, -0.25) is 4.55 Å². The van der Waals surface area contributed by atoms with E-state index in [9.17, 15) is 13.7 Å². The van der Waals surface area contributed by atoms with Crippen LogP contribution in [0.2, 0.25) is 0 Å². The second-order valence-electron chi connectivity index (χ2n) is 4.93. The molecule has 0 bridgehead atoms. The third-order valence-corrected chi connectivity index (χ3v) is 4.20. The Morgan fingerprint density at radius 1 is 1.40 bits per heavy atom. The normalized spacial score (nSPS) is 19.8. The first-order valence-electron chi connectivity index (χ1n) is 6.39. The Kier molecular flexibility index (Phi) is 5.22. The summed E-state index contributed by atoms with van der Waals surface area (Å²) in [6.07, 6.45) is 1.31. The largest absolute Gasteiger partial charge is 0.395 e. The quantitative estimate of drug-likeness (QED) is 0.712. The highest BCUT2D eigenvalue weighted by Gasteiger charge is 2.34. The van der Waals surface area contributed by atoms with Crippen molar-refractivity contribution in [3.05, 3.63) is 35.1 Å². The number of benzene rings is 1. The number of ether oxygens (including phenoxy) is 1. The minimum atomic E-state index is -2.17. The molecular formula is C13H18FNO4S. The maximum absolute atomic E-state index is 14.0. The van der Waals surface area contributed by atoms with Crippen LogP contribution >= 0.6 is 0 Å². The predicted molar refractivity (Wildman–Crippen MR) is 72.8 cm³/mol. The van der Waals surface area contributed by atoms with Crippen molar-refractivity contribution in [3.8, 4) is 0 Å². The summed E-state index contributed by atoms with van der Waals surface area (Å²) in [5, 5.41) is 9.67. The van der Waals surface area contributed by atoms with E-state index in [2.05, 4.69) is 4.72 Å². The average molecular weight is 303 g/mol. The minimum absolute atomic E-state index is 0.0234. The first-order valence-corrected chi connectivity index (χ1v) is 7.50. The van der Waals surface area contributed by atoms with Crippen LogP contribution in [0.3, 0.4) is 0 Å². The van der Waals surface area contributed by atoms with Crippen molar-refractivity contribution in [2.24, 2.45) is 0 Å². The van der Waals surface area contributed by atoms with E-state index in [1.807, 2.05) is 0 Å². The first-order chi connectivity index (χ1) is 9.57. The van der Waals surface area contributed by atoms with Gasteiger partial charge < -0.3 is 9.84 Å². The fraction of sp³-hybridized carbons (Fsp3) is 0.538. The van der Waals surface area contributed by atoms with Crippen LogP contribution in [-0.4, -0.2) is 33.7 Å². The van der Waals surface area contributed by atoms with E-state index < -0.39 is 22.5 Å². The maximum atomic E-state index is 14.0. The molecule has 5 nitrogen and oxygen atoms in total. The Morgan fingerprint density at radius 2 is 2.10 bits per heavy atom. The van der Waals surface area contributed by atoms with Gasteiger partial charge in [-0.2, -0.15) is 0 Å². The summed E-state index contributed by atoms with van der Waals surface area (Å²) in [5.74, 6) is -0.445. The summed E-state index contributed by atoms with van der Waals surface area (Å²) in [4.78, 5) is 0. The zero-order valence-corrected chi connectivity index (χ0v) is 11.8. The third-order valence-electron chi connectivity index (χ3n) is 3.80. The summed E-state index contributed by atoms with van der Waals surface area (Å²) in [6, 6.07) is 4.75. The molecule has 1 fully saturated rings. The number of halogens is 1. The lowest BCUT2D eigenvalue weighted by molar-refractivity contribution is 0.0252. The predicted octanol–water partition coefficient (Wildman–Crippen LogP) is 1.09. The van der Waals surface area contributed by atoms with Crippen LogP contribution in [-0.2, 0) is 28.0 Å². The van der Waals surface area contributed by atoms with Crippen molar-refractivity contribution in [1.29, 1.82) is 0 Å². The molecule has 0 aliphatic carbocycles. The van der Waals surface area contributed by atoms with Gasteiger partial charge in [0.2, 0.25) is 11.3 Å². The SMILES string of the molecule is O=S(O)NCc1ccc(C2(CO)CCOCC2)cc1F. The number of nitrogens with one attached hydrogen (secondary N) is 1. The lowest BCUT2D eigenvalue weighted by Crippen LogP contribution is -2.37. The highest BCUT2D eigenvalue weighted by molar-refractivity contribution is 7.77. The van der Waals surface area contributed by atoms with Gasteiger partial charge in [-0.25, -0.2) is 13.3 Å². The van der Waals surface area contributed by atoms with Crippen LogP contribution in [0.25, 0.3) is 0 Å². The number of aliphatic hydroxyl groups excluding tert-OH is 1. The summed E-state index contributed by atoms with van der Waals surface area (Å²) in [5.41, 5.74) is 0.608. The van der Waals surface area contributed by atoms with Crippen LogP contribution < -0.4 is 4.72 Å². The van der Waals surface area contributed by atoms with E-state index in [0.717, 1.165) is 5.56 Å². The fourth-order valence-electron chi connectivity index (χ4n) is 2.46. The van der Waals surface area contributed by atoms with Crippen LogP contribution in [0.5, 0.6) is 0 Å². The van der Waals surface area contributed by atoms with E-state index in [1.54, 1.807) is 12.1 Å². The summed E-state index contributed by atoms with van der Waals surface area (Å²) in [6.45, 7) is 1.03. The molecule has 1 aromatic rings. The molecule has 1 unspecified atom stereocenters. The standard InChI is InChI=1S/C13H18FNO4S/c14-12-7-11(2-1-10(12)8-15-20(17)18)13(9-16)3-5-19-6-4-13/h1-2,7,15-16H,3-6,8-9H2,(H,17,18). The van der Waals surface area contributed by atoms with Gasteiger partial charge in [0.15, 0.2) is 0 Å². The Morgan fingerprint density at radius 3 is 2.65 bits per heavy atom. The molecule has 7 heteroatoms. The molecule has 1 aromatic carbocycles. The monoisotopic (exact) mass is 303 g/mol. The van der Waals surface area contributed by atoms with Crippen molar-refractivity contribution < 1.29 is 23.0 Å². The Balaban J connectivity index is 2.20. The van der Waals surface area contributed by atoms with Crippen molar-refractivity contribution in [2.45, 2.75) is 24.8 Å². The molecule has 0 spiro atoms. The molecule has 20 heavy (non-hydrogen) atoms. The average Bonchev–Trinajstić information content (AvgIpc) is 2.46. The van der Waals surface area contributed by atoms with Gasteiger partial charge in [-0.1, -0.05) is 12.1 Å². The Labute approximate surface area is 119 Å². The summed E-state index contributed by atoms with van der Waals surface area (Å²) >= 11 is -2.17. The molecule has 0 radical (unpaired) electrons.